The smallest absolute Gasteiger partial charge is 0.342 e. The summed E-state index contributed by atoms with van der Waals surface area (Å²) in [6.45, 7) is -1.28. The predicted octanol–water partition coefficient (Wildman–Crippen LogP) is 1.36. The van der Waals surface area contributed by atoms with E-state index in [-0.39, 0.29) is 12.2 Å². The molecule has 0 aliphatic heterocycles. The van der Waals surface area contributed by atoms with E-state index in [2.05, 4.69) is 0 Å². The number of alkyl halides is 2. The van der Waals surface area contributed by atoms with E-state index >= 15 is 0 Å². The highest BCUT2D eigenvalue weighted by Gasteiger charge is 2.22. The molecule has 20 heavy (non-hydrogen) atoms. The van der Waals surface area contributed by atoms with Crippen molar-refractivity contribution >= 4 is 17.3 Å². The van der Waals surface area contributed by atoms with E-state index in [1.54, 1.807) is 0 Å². The van der Waals surface area contributed by atoms with Gasteiger partial charge in [0.1, 0.15) is 5.56 Å². The summed E-state index contributed by atoms with van der Waals surface area (Å²) in [5.41, 5.74) is -1.16. The fraction of sp³-hybridized carbons (Fsp3) is 0.364. The van der Waals surface area contributed by atoms with Crippen LogP contribution in [0.1, 0.15) is 10.4 Å². The number of carboxylic acids is 1. The number of carbonyl (C=O) groups is 1. The van der Waals surface area contributed by atoms with Crippen LogP contribution in [0, 0.1) is 10.1 Å². The summed E-state index contributed by atoms with van der Waals surface area (Å²) >= 11 is 0. The molecule has 1 rings (SSSR count). The molecule has 9 heteroatoms. The van der Waals surface area contributed by atoms with Gasteiger partial charge in [0.2, 0.25) is 0 Å². The largest absolute Gasteiger partial charge is 0.477 e. The van der Waals surface area contributed by atoms with Crippen LogP contribution < -0.4 is 4.90 Å². The Balaban J connectivity index is 3.20. The SMILES string of the molecule is O=C(O)c1ccc(N(CCO)CC(F)F)cc1[N+](=O)[O-]. The van der Waals surface area contributed by atoms with E-state index < -0.39 is 41.7 Å². The molecule has 110 valence electrons. The van der Waals surface area contributed by atoms with Crippen molar-refractivity contribution in [3.8, 4) is 0 Å². The summed E-state index contributed by atoms with van der Waals surface area (Å²) in [5, 5.41) is 28.4. The van der Waals surface area contributed by atoms with Crippen LogP contribution in [0.2, 0.25) is 0 Å². The van der Waals surface area contributed by atoms with Gasteiger partial charge in [-0.15, -0.1) is 0 Å². The van der Waals surface area contributed by atoms with Crippen LogP contribution in [0.15, 0.2) is 18.2 Å². The Labute approximate surface area is 112 Å². The number of nitrogens with zero attached hydrogens (tertiary/aromatic N) is 2. The van der Waals surface area contributed by atoms with Gasteiger partial charge < -0.3 is 15.1 Å². The molecule has 0 radical (unpaired) electrons. The maximum absolute atomic E-state index is 12.4. The van der Waals surface area contributed by atoms with Crippen LogP contribution in [-0.2, 0) is 0 Å². The Bertz CT molecular complexity index is 510. The monoisotopic (exact) mass is 290 g/mol. The van der Waals surface area contributed by atoms with Gasteiger partial charge in [-0.25, -0.2) is 13.6 Å². The third-order valence-corrected chi connectivity index (χ3v) is 2.50. The van der Waals surface area contributed by atoms with Crippen LogP contribution in [0.5, 0.6) is 0 Å². The van der Waals surface area contributed by atoms with Gasteiger partial charge in [-0.2, -0.15) is 0 Å². The van der Waals surface area contributed by atoms with Gasteiger partial charge in [-0.3, -0.25) is 10.1 Å². The first kappa shape index (κ1) is 15.8. The number of carboxylic acid groups (broad SMARTS) is 1. The Morgan fingerprint density at radius 3 is 2.55 bits per heavy atom. The number of hydrogen-bond acceptors (Lipinski definition) is 5. The lowest BCUT2D eigenvalue weighted by Crippen LogP contribution is -2.31. The van der Waals surface area contributed by atoms with E-state index in [4.69, 9.17) is 10.2 Å². The van der Waals surface area contributed by atoms with Crippen molar-refractivity contribution in [3.05, 3.63) is 33.9 Å². The lowest BCUT2D eigenvalue weighted by atomic mass is 10.1. The van der Waals surface area contributed by atoms with Crippen molar-refractivity contribution in [2.45, 2.75) is 6.43 Å². The lowest BCUT2D eigenvalue weighted by molar-refractivity contribution is -0.385. The van der Waals surface area contributed by atoms with Crippen molar-refractivity contribution in [3.63, 3.8) is 0 Å². The number of halogens is 2. The van der Waals surface area contributed by atoms with E-state index in [1.165, 1.54) is 6.07 Å². The maximum atomic E-state index is 12.4. The quantitative estimate of drug-likeness (QED) is 0.580. The second-order valence-electron chi connectivity index (χ2n) is 3.82. The van der Waals surface area contributed by atoms with E-state index in [9.17, 15) is 23.7 Å². The number of benzene rings is 1. The molecule has 0 aliphatic rings. The van der Waals surface area contributed by atoms with Crippen molar-refractivity contribution < 1.29 is 28.7 Å². The molecule has 2 N–H and O–H groups in total. The molecule has 0 amide bonds. The van der Waals surface area contributed by atoms with Crippen molar-refractivity contribution in [2.24, 2.45) is 0 Å². The minimum atomic E-state index is -2.69. The number of aromatic carboxylic acids is 1. The maximum Gasteiger partial charge on any atom is 0.342 e. The molecule has 0 bridgehead atoms. The fourth-order valence-electron chi connectivity index (χ4n) is 1.66. The van der Waals surface area contributed by atoms with Gasteiger partial charge in [0.25, 0.3) is 12.1 Å². The summed E-state index contributed by atoms with van der Waals surface area (Å²) in [6, 6.07) is 3.07. The normalized spacial score (nSPS) is 10.6. The molecule has 0 spiro atoms. The topological polar surface area (TPSA) is 104 Å². The molecule has 0 aromatic heterocycles. The van der Waals surface area contributed by atoms with Crippen LogP contribution in [-0.4, -0.2) is 47.2 Å². The molecule has 1 aromatic rings. The number of aliphatic hydroxyl groups is 1. The van der Waals surface area contributed by atoms with E-state index in [0.717, 1.165) is 17.0 Å². The predicted molar refractivity (Wildman–Crippen MR) is 65.4 cm³/mol. The van der Waals surface area contributed by atoms with Gasteiger partial charge in [0, 0.05) is 18.3 Å². The number of nitro groups is 1. The number of anilines is 1. The van der Waals surface area contributed by atoms with Crippen molar-refractivity contribution in [2.75, 3.05) is 24.6 Å². The fourth-order valence-corrected chi connectivity index (χ4v) is 1.66. The summed E-state index contributed by atoms with van der Waals surface area (Å²) < 4.78 is 24.8. The van der Waals surface area contributed by atoms with Gasteiger partial charge in [0.05, 0.1) is 18.1 Å². The third kappa shape index (κ3) is 3.85. The highest BCUT2D eigenvalue weighted by atomic mass is 19.3. The molecule has 0 fully saturated rings. The summed E-state index contributed by atoms with van der Waals surface area (Å²) in [7, 11) is 0. The molecule has 0 saturated heterocycles. The average Bonchev–Trinajstić information content (AvgIpc) is 2.36. The van der Waals surface area contributed by atoms with Gasteiger partial charge in [-0.1, -0.05) is 0 Å². The molecule has 0 unspecified atom stereocenters. The number of hydrogen-bond donors (Lipinski definition) is 2. The minimum absolute atomic E-state index is 0.0519. The van der Waals surface area contributed by atoms with Crippen LogP contribution in [0.3, 0.4) is 0 Å². The number of aliphatic hydroxyl groups excluding tert-OH is 1. The Kier molecular flexibility index (Phi) is 5.32. The van der Waals surface area contributed by atoms with E-state index in [0.29, 0.717) is 0 Å². The summed E-state index contributed by atoms with van der Waals surface area (Å²) in [6.07, 6.45) is -2.69. The molecule has 1 aromatic carbocycles. The first-order chi connectivity index (χ1) is 9.36. The molecule has 0 atom stereocenters. The van der Waals surface area contributed by atoms with Gasteiger partial charge >= 0.3 is 5.97 Å². The standard InChI is InChI=1S/C11H12F2N2O5/c12-10(13)6-14(3-4-16)7-1-2-8(11(17)18)9(5-7)15(19)20/h1-2,5,10,16H,3-4,6H2,(H,17,18). The zero-order chi connectivity index (χ0) is 15.3. The molecule has 0 saturated carbocycles. The Morgan fingerprint density at radius 2 is 2.10 bits per heavy atom. The van der Waals surface area contributed by atoms with Crippen LogP contribution in [0.4, 0.5) is 20.2 Å². The zero-order valence-corrected chi connectivity index (χ0v) is 10.2. The van der Waals surface area contributed by atoms with Crippen molar-refractivity contribution in [1.82, 2.24) is 0 Å². The summed E-state index contributed by atoms with van der Waals surface area (Å²) in [5.74, 6) is -1.48. The average molecular weight is 290 g/mol. The van der Waals surface area contributed by atoms with Crippen LogP contribution >= 0.6 is 0 Å². The second-order valence-corrected chi connectivity index (χ2v) is 3.82. The molecule has 0 heterocycles. The Morgan fingerprint density at radius 1 is 1.45 bits per heavy atom. The minimum Gasteiger partial charge on any atom is -0.477 e. The molecule has 0 aliphatic carbocycles. The number of nitro benzene ring substituents is 1. The highest BCUT2D eigenvalue weighted by molar-refractivity contribution is 5.93. The second kappa shape index (κ2) is 6.75. The zero-order valence-electron chi connectivity index (χ0n) is 10.2. The third-order valence-electron chi connectivity index (χ3n) is 2.50. The van der Waals surface area contributed by atoms with E-state index in [1.807, 2.05) is 0 Å². The van der Waals surface area contributed by atoms with Crippen LogP contribution in [0.25, 0.3) is 0 Å². The van der Waals surface area contributed by atoms with Gasteiger partial charge in [-0.05, 0) is 12.1 Å². The van der Waals surface area contributed by atoms with Crippen molar-refractivity contribution in [1.29, 1.82) is 0 Å². The number of rotatable bonds is 7. The highest BCUT2D eigenvalue weighted by Crippen LogP contribution is 2.26. The first-order valence-corrected chi connectivity index (χ1v) is 5.52. The molecular formula is C11H12F2N2O5. The molecule has 7 nitrogen and oxygen atoms in total. The first-order valence-electron chi connectivity index (χ1n) is 5.52. The summed E-state index contributed by atoms with van der Waals surface area (Å²) in [4.78, 5) is 21.8. The lowest BCUT2D eigenvalue weighted by Gasteiger charge is -2.23. The van der Waals surface area contributed by atoms with Gasteiger partial charge in [0.15, 0.2) is 0 Å². The Hall–Kier alpha value is -2.29. The molecular weight excluding hydrogens is 278 g/mol.